The van der Waals surface area contributed by atoms with Crippen LogP contribution in [0.5, 0.6) is 0 Å². The first-order valence-electron chi connectivity index (χ1n) is 10.7. The number of nitrogens with one attached hydrogen (secondary N) is 2. The number of rotatable bonds is 4. The third kappa shape index (κ3) is 4.19. The van der Waals surface area contributed by atoms with E-state index in [4.69, 9.17) is 4.42 Å². The lowest BCUT2D eigenvalue weighted by Gasteiger charge is -2.30. The summed E-state index contributed by atoms with van der Waals surface area (Å²) in [4.78, 5) is 33.0. The van der Waals surface area contributed by atoms with E-state index in [2.05, 4.69) is 20.5 Å². The maximum absolute atomic E-state index is 12.7. The normalized spacial score (nSPS) is 17.6. The first-order valence-corrected chi connectivity index (χ1v) is 10.7. The number of amides is 2. The van der Waals surface area contributed by atoms with Crippen LogP contribution in [0.15, 0.2) is 52.9 Å². The second kappa shape index (κ2) is 8.29. The second-order valence-electron chi connectivity index (χ2n) is 8.03. The lowest BCUT2D eigenvalue weighted by Crippen LogP contribution is -2.47. The van der Waals surface area contributed by atoms with Gasteiger partial charge in [0.15, 0.2) is 5.58 Å². The maximum atomic E-state index is 12.7. The molecule has 0 spiro atoms. The minimum atomic E-state index is -0.0360. The number of hydrogen-bond donors (Lipinski definition) is 2. The maximum Gasteiger partial charge on any atom is 0.298 e. The number of piperazine rings is 1. The van der Waals surface area contributed by atoms with Crippen molar-refractivity contribution in [3.63, 3.8) is 0 Å². The van der Waals surface area contributed by atoms with Crippen molar-refractivity contribution < 1.29 is 14.0 Å². The van der Waals surface area contributed by atoms with Crippen LogP contribution in [0, 0.1) is 5.92 Å². The first kappa shape index (κ1) is 19.4. The van der Waals surface area contributed by atoms with Crippen LogP contribution in [0.2, 0.25) is 0 Å². The van der Waals surface area contributed by atoms with Gasteiger partial charge < -0.3 is 24.9 Å². The molecule has 2 N–H and O–H groups in total. The van der Waals surface area contributed by atoms with Crippen LogP contribution in [0.3, 0.4) is 0 Å². The highest BCUT2D eigenvalue weighted by Crippen LogP contribution is 2.27. The van der Waals surface area contributed by atoms with Gasteiger partial charge in [-0.15, -0.1) is 0 Å². The van der Waals surface area contributed by atoms with Gasteiger partial charge in [-0.2, -0.15) is 4.98 Å². The van der Waals surface area contributed by atoms with Gasteiger partial charge >= 0.3 is 0 Å². The topological polar surface area (TPSA) is 90.7 Å². The monoisotopic (exact) mass is 419 g/mol. The molecule has 160 valence electrons. The highest BCUT2D eigenvalue weighted by molar-refractivity contribution is 5.93. The number of benzene rings is 2. The Balaban J connectivity index is 1.16. The van der Waals surface area contributed by atoms with Crippen molar-refractivity contribution in [3.8, 4) is 0 Å². The first-order chi connectivity index (χ1) is 15.2. The SMILES string of the molecule is O=C1CN(c2ccc(NC(=O)C3CCN(c4nc5ccccc5o4)CC3)cc2)CCN1. The van der Waals surface area contributed by atoms with E-state index in [9.17, 15) is 9.59 Å². The van der Waals surface area contributed by atoms with E-state index in [0.717, 1.165) is 55.0 Å². The molecule has 0 radical (unpaired) electrons. The minimum Gasteiger partial charge on any atom is -0.423 e. The predicted molar refractivity (Wildman–Crippen MR) is 119 cm³/mol. The molecule has 1 aromatic heterocycles. The molecule has 8 nitrogen and oxygen atoms in total. The summed E-state index contributed by atoms with van der Waals surface area (Å²) in [6.07, 6.45) is 1.51. The third-order valence-corrected chi connectivity index (χ3v) is 5.96. The molecule has 0 atom stereocenters. The Morgan fingerprint density at radius 3 is 2.55 bits per heavy atom. The number of oxazole rings is 1. The molecule has 2 amide bonds. The summed E-state index contributed by atoms with van der Waals surface area (Å²) in [5.74, 6) is 0.0428. The van der Waals surface area contributed by atoms with Crippen LogP contribution < -0.4 is 20.4 Å². The highest BCUT2D eigenvalue weighted by atomic mass is 16.4. The van der Waals surface area contributed by atoms with E-state index in [1.165, 1.54) is 0 Å². The molecule has 2 fully saturated rings. The smallest absolute Gasteiger partial charge is 0.298 e. The molecule has 8 heteroatoms. The highest BCUT2D eigenvalue weighted by Gasteiger charge is 2.27. The molecule has 0 saturated carbocycles. The van der Waals surface area contributed by atoms with Crippen molar-refractivity contribution in [1.29, 1.82) is 0 Å². The average Bonchev–Trinajstić information content (AvgIpc) is 3.24. The van der Waals surface area contributed by atoms with Crippen molar-refractivity contribution in [2.24, 2.45) is 5.92 Å². The number of aromatic nitrogens is 1. The van der Waals surface area contributed by atoms with Crippen molar-refractivity contribution in [2.75, 3.05) is 47.8 Å². The van der Waals surface area contributed by atoms with Crippen LogP contribution in [0.1, 0.15) is 12.8 Å². The average molecular weight is 419 g/mol. The summed E-state index contributed by atoms with van der Waals surface area (Å²) in [5, 5.41) is 5.86. The van der Waals surface area contributed by atoms with Crippen molar-refractivity contribution >= 4 is 40.3 Å². The number of fused-ring (bicyclic) bond motifs is 1. The van der Waals surface area contributed by atoms with Crippen molar-refractivity contribution in [3.05, 3.63) is 48.5 Å². The fourth-order valence-electron chi connectivity index (χ4n) is 4.19. The fourth-order valence-corrected chi connectivity index (χ4v) is 4.19. The zero-order valence-corrected chi connectivity index (χ0v) is 17.2. The zero-order chi connectivity index (χ0) is 21.2. The van der Waals surface area contributed by atoms with Gasteiger partial charge in [-0.3, -0.25) is 9.59 Å². The Kier molecular flexibility index (Phi) is 5.19. The van der Waals surface area contributed by atoms with Crippen LogP contribution >= 0.6 is 0 Å². The Morgan fingerprint density at radius 1 is 1.03 bits per heavy atom. The molecule has 3 heterocycles. The largest absolute Gasteiger partial charge is 0.423 e. The summed E-state index contributed by atoms with van der Waals surface area (Å²) in [6, 6.07) is 16.0. The number of anilines is 3. The van der Waals surface area contributed by atoms with Crippen molar-refractivity contribution in [2.45, 2.75) is 12.8 Å². The molecular formula is C23H25N5O3. The van der Waals surface area contributed by atoms with E-state index in [0.29, 0.717) is 19.1 Å². The predicted octanol–water partition coefficient (Wildman–Crippen LogP) is 2.62. The number of piperidine rings is 1. The van der Waals surface area contributed by atoms with Gasteiger partial charge in [0, 0.05) is 43.5 Å². The van der Waals surface area contributed by atoms with E-state index in [1.54, 1.807) is 0 Å². The van der Waals surface area contributed by atoms with Gasteiger partial charge in [-0.1, -0.05) is 12.1 Å². The van der Waals surface area contributed by atoms with Crippen molar-refractivity contribution in [1.82, 2.24) is 10.3 Å². The molecule has 2 saturated heterocycles. The van der Waals surface area contributed by atoms with Gasteiger partial charge in [0.25, 0.3) is 6.01 Å². The van der Waals surface area contributed by atoms with E-state index in [-0.39, 0.29) is 17.7 Å². The van der Waals surface area contributed by atoms with Gasteiger partial charge in [-0.25, -0.2) is 0 Å². The Morgan fingerprint density at radius 2 is 1.81 bits per heavy atom. The van der Waals surface area contributed by atoms with Crippen LogP contribution in [0.4, 0.5) is 17.4 Å². The van der Waals surface area contributed by atoms with Gasteiger partial charge in [0.05, 0.1) is 6.54 Å². The van der Waals surface area contributed by atoms with Gasteiger partial charge in [0.2, 0.25) is 11.8 Å². The number of carbonyl (C=O) groups excluding carboxylic acids is 2. The Hall–Kier alpha value is -3.55. The van der Waals surface area contributed by atoms with E-state index >= 15 is 0 Å². The third-order valence-electron chi connectivity index (χ3n) is 5.96. The molecular weight excluding hydrogens is 394 g/mol. The molecule has 31 heavy (non-hydrogen) atoms. The molecule has 0 aliphatic carbocycles. The second-order valence-corrected chi connectivity index (χ2v) is 8.03. The molecule has 2 aliphatic heterocycles. The lowest BCUT2D eigenvalue weighted by molar-refractivity contribution is -0.121. The summed E-state index contributed by atoms with van der Waals surface area (Å²) in [7, 11) is 0. The minimum absolute atomic E-state index is 0.0350. The van der Waals surface area contributed by atoms with E-state index < -0.39 is 0 Å². The molecule has 2 aliphatic rings. The number of nitrogens with zero attached hydrogens (tertiary/aromatic N) is 3. The van der Waals surface area contributed by atoms with E-state index in [1.807, 2.05) is 53.4 Å². The number of hydrogen-bond acceptors (Lipinski definition) is 6. The Labute approximate surface area is 180 Å². The Bertz CT molecular complexity index is 1050. The number of para-hydroxylation sites is 2. The van der Waals surface area contributed by atoms with Crippen LogP contribution in [-0.2, 0) is 9.59 Å². The zero-order valence-electron chi connectivity index (χ0n) is 17.2. The number of carbonyl (C=O) groups is 2. The summed E-state index contributed by atoms with van der Waals surface area (Å²) in [5.41, 5.74) is 3.40. The van der Waals surface area contributed by atoms with Gasteiger partial charge in [-0.05, 0) is 49.2 Å². The molecule has 2 aromatic carbocycles. The van der Waals surface area contributed by atoms with Crippen LogP contribution in [-0.4, -0.2) is 49.5 Å². The summed E-state index contributed by atoms with van der Waals surface area (Å²) in [6.45, 7) is 3.28. The lowest BCUT2D eigenvalue weighted by atomic mass is 9.96. The van der Waals surface area contributed by atoms with Crippen LogP contribution in [0.25, 0.3) is 11.1 Å². The fraction of sp³-hybridized carbons (Fsp3) is 0.348. The summed E-state index contributed by atoms with van der Waals surface area (Å²) >= 11 is 0. The summed E-state index contributed by atoms with van der Waals surface area (Å²) < 4.78 is 5.85. The molecule has 5 rings (SSSR count). The standard InChI is InChI=1S/C23H25N5O3/c29-21-15-28(14-11-24-21)18-7-5-17(6-8-18)25-22(30)16-9-12-27(13-10-16)23-26-19-3-1-2-4-20(19)31-23/h1-8,16H,9-15H2,(H,24,29)(H,25,30). The van der Waals surface area contributed by atoms with Gasteiger partial charge in [0.1, 0.15) is 5.52 Å². The quantitative estimate of drug-likeness (QED) is 0.676. The molecule has 3 aromatic rings. The molecule has 0 bridgehead atoms. The molecule has 0 unspecified atom stereocenters.